The van der Waals surface area contributed by atoms with Crippen molar-refractivity contribution in [3.63, 3.8) is 0 Å². The first kappa shape index (κ1) is 33.6. The van der Waals surface area contributed by atoms with Crippen LogP contribution in [0.3, 0.4) is 0 Å². The van der Waals surface area contributed by atoms with Crippen LogP contribution in [-0.4, -0.2) is 15.0 Å². The summed E-state index contributed by atoms with van der Waals surface area (Å²) >= 11 is 3.64. The van der Waals surface area contributed by atoms with Gasteiger partial charge in [0, 0.05) is 57.0 Å². The highest BCUT2D eigenvalue weighted by Gasteiger charge is 2.18. The zero-order valence-corrected chi connectivity index (χ0v) is 33.7. The minimum absolute atomic E-state index is 0.643. The number of fused-ring (bicyclic) bond motifs is 14. The number of hydrogen-bond acceptors (Lipinski definition) is 5. The Bertz CT molecular complexity index is 3780. The first-order valence-electron chi connectivity index (χ1n) is 20.2. The van der Waals surface area contributed by atoms with Crippen molar-refractivity contribution in [2.24, 2.45) is 0 Å². The van der Waals surface area contributed by atoms with Crippen molar-refractivity contribution in [1.29, 1.82) is 0 Å². The van der Waals surface area contributed by atoms with Crippen LogP contribution in [0.15, 0.2) is 188 Å². The first-order valence-corrected chi connectivity index (χ1v) is 21.8. The molecule has 278 valence electrons. The minimum atomic E-state index is 0.643. The fraction of sp³-hybridized carbons (Fsp3) is 0. The van der Waals surface area contributed by atoms with Gasteiger partial charge >= 0.3 is 0 Å². The lowest BCUT2D eigenvalue weighted by molar-refractivity contribution is 1.08. The lowest BCUT2D eigenvalue weighted by atomic mass is 9.87. The summed E-state index contributed by atoms with van der Waals surface area (Å²) in [5.74, 6) is 1.95. The molecule has 0 unspecified atom stereocenters. The standard InChI is InChI=1S/C55H31N3S2/c1-2-16-38-36(14-1)37-15-3-5-20-42(37)52-43-21-6-4-17-39(43)44(31-47(38)52)32-12-11-13-33(28-32)53-56-54(34-24-26-50-45(29-34)40-18-7-9-22-48(40)59-50)58-55(57-53)35-25-27-51-46(30-35)41-19-8-10-23-49(41)60-51/h1-31H. The average Bonchev–Trinajstić information content (AvgIpc) is 3.89. The molecule has 0 fully saturated rings. The highest BCUT2D eigenvalue weighted by atomic mass is 32.1. The molecule has 3 heterocycles. The molecule has 0 aliphatic carbocycles. The van der Waals surface area contributed by atoms with Crippen molar-refractivity contribution >= 4 is 106 Å². The molecule has 0 bridgehead atoms. The maximum Gasteiger partial charge on any atom is 0.164 e. The normalized spacial score (nSPS) is 12.0. The van der Waals surface area contributed by atoms with E-state index in [1.165, 1.54) is 89.0 Å². The van der Waals surface area contributed by atoms with Crippen LogP contribution in [0.2, 0.25) is 0 Å². The number of nitrogens with zero attached hydrogens (tertiary/aromatic N) is 3. The number of hydrogen-bond donors (Lipinski definition) is 0. The Labute approximate surface area is 352 Å². The molecule has 0 N–H and O–H groups in total. The van der Waals surface area contributed by atoms with E-state index in [9.17, 15) is 0 Å². The summed E-state index contributed by atoms with van der Waals surface area (Å²) in [5.41, 5.74) is 5.17. The van der Waals surface area contributed by atoms with Gasteiger partial charge in [0.2, 0.25) is 0 Å². The highest BCUT2D eigenvalue weighted by molar-refractivity contribution is 7.26. The number of rotatable bonds is 4. The summed E-state index contributed by atoms with van der Waals surface area (Å²) in [4.78, 5) is 15.8. The van der Waals surface area contributed by atoms with Gasteiger partial charge in [0.1, 0.15) is 0 Å². The van der Waals surface area contributed by atoms with Crippen molar-refractivity contribution < 1.29 is 0 Å². The van der Waals surface area contributed by atoms with E-state index in [0.717, 1.165) is 22.3 Å². The van der Waals surface area contributed by atoms with Crippen LogP contribution in [0.4, 0.5) is 0 Å². The largest absolute Gasteiger partial charge is 0.208 e. The van der Waals surface area contributed by atoms with Crippen molar-refractivity contribution in [1.82, 2.24) is 15.0 Å². The van der Waals surface area contributed by atoms with E-state index in [-0.39, 0.29) is 0 Å². The van der Waals surface area contributed by atoms with E-state index in [2.05, 4.69) is 188 Å². The Balaban J connectivity index is 1.03. The predicted molar refractivity (Wildman–Crippen MR) is 257 cm³/mol. The van der Waals surface area contributed by atoms with Crippen molar-refractivity contribution in [3.8, 4) is 45.3 Å². The molecule has 3 nitrogen and oxygen atoms in total. The lowest BCUT2D eigenvalue weighted by Crippen LogP contribution is -2.00. The second-order valence-electron chi connectivity index (χ2n) is 15.5. The molecule has 0 aliphatic rings. The van der Waals surface area contributed by atoms with Crippen LogP contribution < -0.4 is 0 Å². The molecule has 5 heteroatoms. The molecule has 3 aromatic heterocycles. The Morgan fingerprint density at radius 1 is 0.250 bits per heavy atom. The van der Waals surface area contributed by atoms with Crippen LogP contribution in [-0.2, 0) is 0 Å². The van der Waals surface area contributed by atoms with Gasteiger partial charge in [-0.15, -0.1) is 22.7 Å². The van der Waals surface area contributed by atoms with Crippen molar-refractivity contribution in [2.45, 2.75) is 0 Å². The molecule has 10 aromatic carbocycles. The van der Waals surface area contributed by atoms with Crippen LogP contribution in [0.1, 0.15) is 0 Å². The van der Waals surface area contributed by atoms with Crippen LogP contribution in [0.25, 0.3) is 129 Å². The van der Waals surface area contributed by atoms with Gasteiger partial charge in [-0.3, -0.25) is 0 Å². The van der Waals surface area contributed by atoms with Crippen LogP contribution in [0.5, 0.6) is 0 Å². The number of thiophene rings is 2. The van der Waals surface area contributed by atoms with Gasteiger partial charge in [-0.25, -0.2) is 15.0 Å². The summed E-state index contributed by atoms with van der Waals surface area (Å²) in [5, 5.41) is 15.0. The summed E-state index contributed by atoms with van der Waals surface area (Å²) in [6.45, 7) is 0. The molecule has 0 amide bonds. The Hall–Kier alpha value is -7.31. The highest BCUT2D eigenvalue weighted by Crippen LogP contribution is 2.44. The zero-order chi connectivity index (χ0) is 39.3. The molecule has 0 spiro atoms. The maximum absolute atomic E-state index is 5.28. The third-order valence-electron chi connectivity index (χ3n) is 12.1. The third kappa shape index (κ3) is 5.16. The maximum atomic E-state index is 5.28. The van der Waals surface area contributed by atoms with Gasteiger partial charge in [0.15, 0.2) is 17.5 Å². The fourth-order valence-corrected chi connectivity index (χ4v) is 11.5. The number of aromatic nitrogens is 3. The Morgan fingerprint density at radius 3 is 1.22 bits per heavy atom. The van der Waals surface area contributed by atoms with E-state index >= 15 is 0 Å². The Kier molecular flexibility index (Phi) is 7.35. The molecular formula is C55H31N3S2. The van der Waals surface area contributed by atoms with E-state index < -0.39 is 0 Å². The lowest BCUT2D eigenvalue weighted by Gasteiger charge is -2.16. The summed E-state index contributed by atoms with van der Waals surface area (Å²) in [6, 6.07) is 68.1. The van der Waals surface area contributed by atoms with E-state index in [4.69, 9.17) is 15.0 Å². The molecule has 0 saturated heterocycles. The van der Waals surface area contributed by atoms with Gasteiger partial charge in [-0.1, -0.05) is 127 Å². The molecule has 0 atom stereocenters. The van der Waals surface area contributed by atoms with Crippen LogP contribution >= 0.6 is 22.7 Å². The summed E-state index contributed by atoms with van der Waals surface area (Å²) in [6.07, 6.45) is 0. The van der Waals surface area contributed by atoms with Gasteiger partial charge in [0.05, 0.1) is 0 Å². The van der Waals surface area contributed by atoms with E-state index in [1.807, 2.05) is 22.7 Å². The summed E-state index contributed by atoms with van der Waals surface area (Å²) < 4.78 is 5.05. The monoisotopic (exact) mass is 797 g/mol. The van der Waals surface area contributed by atoms with Crippen LogP contribution in [0, 0.1) is 0 Å². The second kappa shape index (κ2) is 13.1. The molecule has 13 aromatic rings. The SMILES string of the molecule is c1cc(-c2nc(-c3ccc4sc5ccccc5c4c3)nc(-c3ccc4sc5ccccc5c4c3)n2)cc(-c2cc3c4ccccc4c4ccccc4c3c3ccccc23)c1. The third-order valence-corrected chi connectivity index (χ3v) is 14.4. The van der Waals surface area contributed by atoms with Gasteiger partial charge in [0.25, 0.3) is 0 Å². The minimum Gasteiger partial charge on any atom is -0.208 e. The van der Waals surface area contributed by atoms with E-state index in [0.29, 0.717) is 17.5 Å². The number of benzene rings is 10. The van der Waals surface area contributed by atoms with Gasteiger partial charge < -0.3 is 0 Å². The van der Waals surface area contributed by atoms with Gasteiger partial charge in [-0.05, 0) is 115 Å². The molecule has 0 aliphatic heterocycles. The topological polar surface area (TPSA) is 38.7 Å². The zero-order valence-electron chi connectivity index (χ0n) is 32.1. The molecule has 13 rings (SSSR count). The second-order valence-corrected chi connectivity index (χ2v) is 17.7. The smallest absolute Gasteiger partial charge is 0.164 e. The molecule has 60 heavy (non-hydrogen) atoms. The molecule has 0 radical (unpaired) electrons. The molecule has 0 saturated carbocycles. The summed E-state index contributed by atoms with van der Waals surface area (Å²) in [7, 11) is 0. The van der Waals surface area contributed by atoms with Gasteiger partial charge in [-0.2, -0.15) is 0 Å². The van der Waals surface area contributed by atoms with Crippen molar-refractivity contribution in [3.05, 3.63) is 188 Å². The van der Waals surface area contributed by atoms with E-state index in [1.54, 1.807) is 0 Å². The predicted octanol–water partition coefficient (Wildman–Crippen LogP) is 15.9. The first-order chi connectivity index (χ1) is 29.7. The Morgan fingerprint density at radius 2 is 0.650 bits per heavy atom. The molecular weight excluding hydrogens is 767 g/mol. The van der Waals surface area contributed by atoms with Crippen molar-refractivity contribution in [2.75, 3.05) is 0 Å². The average molecular weight is 798 g/mol. The quantitative estimate of drug-likeness (QED) is 0.167. The fourth-order valence-electron chi connectivity index (χ4n) is 9.32.